The van der Waals surface area contributed by atoms with Gasteiger partial charge in [0, 0.05) is 121 Å². The van der Waals surface area contributed by atoms with E-state index in [1.54, 1.807) is 18.3 Å². The first-order valence-electron chi connectivity index (χ1n) is 38.4. The number of benzene rings is 3. The first kappa shape index (κ1) is 76.2. The third-order valence-corrected chi connectivity index (χ3v) is 24.6. The van der Waals surface area contributed by atoms with Crippen molar-refractivity contribution in [1.29, 1.82) is 0 Å². The molecule has 0 radical (unpaired) electrons. The van der Waals surface area contributed by atoms with Gasteiger partial charge in [-0.1, -0.05) is 67.6 Å². The molecular formula is C83H94Cl3F2N13O7. The van der Waals surface area contributed by atoms with Crippen molar-refractivity contribution in [2.75, 3.05) is 16.0 Å². The maximum absolute atomic E-state index is 15.2. The number of carbonyl (C=O) groups is 6. The Kier molecular flexibility index (Phi) is 21.4. The fourth-order valence-electron chi connectivity index (χ4n) is 17.4. The van der Waals surface area contributed by atoms with Crippen molar-refractivity contribution in [3.05, 3.63) is 123 Å². The molecule has 4 aliphatic carbocycles. The van der Waals surface area contributed by atoms with E-state index in [1.807, 2.05) is 44.2 Å². The lowest BCUT2D eigenvalue weighted by atomic mass is 9.78. The Morgan fingerprint density at radius 1 is 0.500 bits per heavy atom. The van der Waals surface area contributed by atoms with Crippen LogP contribution in [0.1, 0.15) is 201 Å². The number of nitrogens with one attached hydrogen (secondary N) is 4. The molecule has 0 spiro atoms. The number of halogens is 5. The van der Waals surface area contributed by atoms with E-state index in [0.717, 1.165) is 141 Å². The Balaban J connectivity index is 0.000000136. The van der Waals surface area contributed by atoms with Gasteiger partial charge in [0.05, 0.1) is 37.1 Å². The van der Waals surface area contributed by atoms with Crippen LogP contribution in [-0.2, 0) is 64.6 Å². The molecule has 6 aromatic heterocycles. The van der Waals surface area contributed by atoms with Crippen molar-refractivity contribution < 1.29 is 42.7 Å². The zero-order chi connectivity index (χ0) is 76.5. The molecule has 0 saturated heterocycles. The molecule has 20 nitrogen and oxygen atoms in total. The third-order valence-electron chi connectivity index (χ3n) is 23.7. The van der Waals surface area contributed by atoms with Crippen LogP contribution in [0.2, 0.25) is 15.1 Å². The van der Waals surface area contributed by atoms with E-state index in [9.17, 15) is 33.9 Å². The fraction of sp³-hybridized carbons (Fsp3) is 0.494. The number of imidazole rings is 3. The molecule has 3 aromatic carbocycles. The van der Waals surface area contributed by atoms with Gasteiger partial charge in [-0.15, -0.1) is 0 Å². The second-order valence-electron chi connectivity index (χ2n) is 32.8. The molecule has 4 saturated carbocycles. The summed E-state index contributed by atoms with van der Waals surface area (Å²) in [5.74, 6) is 2.99. The number of hydrogen-bond donors (Lipinski definition) is 5. The number of aryl methyl sites for hydroxylation is 3. The van der Waals surface area contributed by atoms with E-state index in [0.29, 0.717) is 124 Å². The molecule has 4 amide bonds. The first-order chi connectivity index (χ1) is 51.4. The van der Waals surface area contributed by atoms with Crippen LogP contribution >= 0.6 is 34.8 Å². The molecule has 0 bridgehead atoms. The minimum absolute atomic E-state index is 0.0271. The summed E-state index contributed by atoms with van der Waals surface area (Å²) in [5.41, 5.74) is 7.06. The molecule has 9 aromatic rings. The average molecular weight is 1530 g/mol. The summed E-state index contributed by atoms with van der Waals surface area (Å²) < 4.78 is 36.9. The Morgan fingerprint density at radius 3 is 1.38 bits per heavy atom. The summed E-state index contributed by atoms with van der Waals surface area (Å²) in [4.78, 5) is 102. The molecule has 7 aliphatic rings. The van der Waals surface area contributed by atoms with Crippen LogP contribution in [0.5, 0.6) is 0 Å². The lowest BCUT2D eigenvalue weighted by Crippen LogP contribution is -2.33. The number of carbonyl (C=O) groups excluding carboxylic acids is 6. The van der Waals surface area contributed by atoms with Crippen LogP contribution in [0.25, 0.3) is 66.5 Å². The number of aromatic nitrogens is 9. The number of aliphatic hydroxyl groups is 1. The fourth-order valence-corrected chi connectivity index (χ4v) is 18.0. The smallest absolute Gasteiger partial charge is 0.228 e. The monoisotopic (exact) mass is 1530 g/mol. The van der Waals surface area contributed by atoms with E-state index < -0.39 is 17.2 Å². The molecule has 6 atom stereocenters. The maximum atomic E-state index is 15.2. The maximum Gasteiger partial charge on any atom is 0.228 e. The lowest BCUT2D eigenvalue weighted by molar-refractivity contribution is -0.131. The van der Waals surface area contributed by atoms with Gasteiger partial charge in [-0.05, 0) is 215 Å². The van der Waals surface area contributed by atoms with Gasteiger partial charge in [-0.2, -0.15) is 0 Å². The number of anilines is 3. The zero-order valence-corrected chi connectivity index (χ0v) is 64.8. The van der Waals surface area contributed by atoms with Crippen LogP contribution < -0.4 is 21.3 Å². The van der Waals surface area contributed by atoms with E-state index >= 15 is 8.78 Å². The highest BCUT2D eigenvalue weighted by atomic mass is 35.5. The van der Waals surface area contributed by atoms with Gasteiger partial charge in [-0.25, -0.2) is 38.7 Å². The highest BCUT2D eigenvalue weighted by Crippen LogP contribution is 2.45. The van der Waals surface area contributed by atoms with Crippen LogP contribution in [0, 0.1) is 41.2 Å². The number of amides is 4. The predicted molar refractivity (Wildman–Crippen MR) is 417 cm³/mol. The summed E-state index contributed by atoms with van der Waals surface area (Å²) in [6.45, 7) is 16.7. The topological polar surface area (TPSA) is 263 Å². The molecule has 568 valence electrons. The van der Waals surface area contributed by atoms with E-state index in [4.69, 9.17) is 39.8 Å². The molecule has 4 fully saturated rings. The van der Waals surface area contributed by atoms with E-state index in [2.05, 4.69) is 107 Å². The van der Waals surface area contributed by atoms with Crippen molar-refractivity contribution in [2.45, 2.75) is 231 Å². The third kappa shape index (κ3) is 15.8. The minimum Gasteiger partial charge on any atom is -0.382 e. The van der Waals surface area contributed by atoms with Crippen LogP contribution in [0.4, 0.5) is 26.2 Å². The number of rotatable bonds is 17. The largest absolute Gasteiger partial charge is 0.382 e. The number of Topliss-reactive ketones (excluding diaryl/α,β-unsaturated/α-hetero) is 2. The number of hydrogen-bond acceptors (Lipinski definition) is 13. The molecular weight excluding hydrogens is 1440 g/mol. The first-order valence-corrected chi connectivity index (χ1v) is 39.5. The van der Waals surface area contributed by atoms with Crippen molar-refractivity contribution in [1.82, 2.24) is 48.9 Å². The number of ketones is 2. The predicted octanol–water partition coefficient (Wildman–Crippen LogP) is 17.6. The number of pyridine rings is 3. The van der Waals surface area contributed by atoms with Gasteiger partial charge in [0.1, 0.15) is 57.3 Å². The van der Waals surface area contributed by atoms with Crippen molar-refractivity contribution in [3.8, 4) is 33.4 Å². The Labute approximate surface area is 642 Å². The molecule has 3 aliphatic heterocycles. The van der Waals surface area contributed by atoms with Gasteiger partial charge in [0.15, 0.2) is 17.4 Å². The van der Waals surface area contributed by atoms with E-state index in [-0.39, 0.29) is 87.4 Å². The summed E-state index contributed by atoms with van der Waals surface area (Å²) in [7, 11) is 0. The summed E-state index contributed by atoms with van der Waals surface area (Å²) in [6, 6.07) is 18.2. The number of fused-ring (bicyclic) bond motifs is 9. The molecule has 16 rings (SSSR count). The SMILES string of the molecule is CC1(C)CCc2nc3c(F)cc(-c4cc(NC(=O)[C@H]5CCC[C@@H](CC(=O)C6(O)CC6)C5)ncc4Cl)cc3n21.CCC(=O)C[C@@H]1CCC[C@H](C(=O)Nc2cc(-c3cc(F)c4nc5n(c4c3)C(C)(C)CC5)c(Cl)cn2)C1.CCC(=O)N[C@@H]1CC[C@H](C(=O)Nc2cc(-c3ccc4nc5n(c4c3)C(C)(C)CC5)c(Cl)cn2)C1. The quantitative estimate of drug-likeness (QED) is 0.0569. The van der Waals surface area contributed by atoms with Crippen LogP contribution in [0.3, 0.4) is 0 Å². The molecule has 5 N–H and O–H groups in total. The normalized spacial score (nSPS) is 21.8. The molecule has 108 heavy (non-hydrogen) atoms. The van der Waals surface area contributed by atoms with Crippen molar-refractivity contribution in [3.63, 3.8) is 0 Å². The average Bonchev–Trinajstić information content (AvgIpc) is 1.59. The highest BCUT2D eigenvalue weighted by Gasteiger charge is 2.48. The summed E-state index contributed by atoms with van der Waals surface area (Å²) in [6.07, 6.45) is 21.8. The molecule has 9 heterocycles. The van der Waals surface area contributed by atoms with Gasteiger partial charge >= 0.3 is 0 Å². The Morgan fingerprint density at radius 2 is 0.926 bits per heavy atom. The second-order valence-corrected chi connectivity index (χ2v) is 34.1. The Bertz CT molecular complexity index is 5080. The van der Waals surface area contributed by atoms with Crippen LogP contribution in [0.15, 0.2) is 79.3 Å². The zero-order valence-electron chi connectivity index (χ0n) is 62.5. The highest BCUT2D eigenvalue weighted by molar-refractivity contribution is 6.34. The summed E-state index contributed by atoms with van der Waals surface area (Å²) in [5, 5.41) is 23.2. The van der Waals surface area contributed by atoms with Crippen molar-refractivity contribution >= 4 is 121 Å². The van der Waals surface area contributed by atoms with Gasteiger partial charge in [0.25, 0.3) is 0 Å². The molecule has 25 heteroatoms. The van der Waals surface area contributed by atoms with Gasteiger partial charge in [-0.3, -0.25) is 28.8 Å². The standard InChI is InChI=1S/C29H32ClFN4O3.C28H32ClFN4O2.C26H30ClN5O2/c1-28(2)7-6-25-34-26-21(31)12-18(13-22(26)35(25)28)19-14-24(32-15-20(19)30)33-27(37)17-5-3-4-16(10-17)11-23(36)29(38)8-9-29;1-4-19(35)11-16-6-5-7-17(10-16)27(36)32-24-14-20(21(29)15-31-24)18-12-22(30)26-23(13-18)34-25(33-26)8-9-28(34,2)3;1-4-24(33)29-17-7-5-16(11-17)25(34)31-22-13-18(19(27)14-28-22)15-6-8-20-21(12-15)32-23(30-20)9-10-26(32,2)3/h12-17,38H,3-11H2,1-2H3,(H,32,33,37);12-17H,4-11H2,1-3H3,(H,31,32,36);6,8,12-14,16-17H,4-5,7,9-11H2,1-3H3,(H,29,33)(H,28,31,34)/t3*16-,17+/m110/s1. The van der Waals surface area contributed by atoms with E-state index in [1.165, 1.54) is 24.5 Å². The Hall–Kier alpha value is -8.57. The second kappa shape index (κ2) is 30.4. The summed E-state index contributed by atoms with van der Waals surface area (Å²) >= 11 is 19.5. The number of nitrogens with zero attached hydrogens (tertiary/aromatic N) is 9. The minimum atomic E-state index is -1.12. The molecule has 0 unspecified atom stereocenters. The van der Waals surface area contributed by atoms with Gasteiger partial charge in [0.2, 0.25) is 23.6 Å². The van der Waals surface area contributed by atoms with Crippen LogP contribution in [-0.4, -0.2) is 95.5 Å². The van der Waals surface area contributed by atoms with Gasteiger partial charge < -0.3 is 40.1 Å². The van der Waals surface area contributed by atoms with Crippen molar-refractivity contribution in [2.24, 2.45) is 29.6 Å². The lowest BCUT2D eigenvalue weighted by Gasteiger charge is -2.28.